The first-order valence-electron chi connectivity index (χ1n) is 8.89. The summed E-state index contributed by atoms with van der Waals surface area (Å²) in [6.45, 7) is 0. The van der Waals surface area contributed by atoms with Crippen LogP contribution in [0.1, 0.15) is 15.9 Å². The molecule has 2 amide bonds. The fourth-order valence-electron chi connectivity index (χ4n) is 2.35. The van der Waals surface area contributed by atoms with Gasteiger partial charge in [-0.25, -0.2) is 14.6 Å². The molecular weight excluding hydrogens is 425 g/mol. The fraction of sp³-hybridized carbons (Fsp3) is 0. The van der Waals surface area contributed by atoms with Gasteiger partial charge in [0, 0.05) is 5.69 Å². The van der Waals surface area contributed by atoms with Crippen molar-refractivity contribution in [2.24, 2.45) is 5.10 Å². The second-order valence-electron chi connectivity index (χ2n) is 6.10. The molecule has 3 aromatic rings. The number of benzene rings is 3. The molecule has 0 saturated carbocycles. The molecule has 0 saturated heterocycles. The number of hydrazone groups is 1. The van der Waals surface area contributed by atoms with Crippen molar-refractivity contribution in [2.75, 3.05) is 5.32 Å². The Labute approximate surface area is 181 Å². The van der Waals surface area contributed by atoms with Crippen molar-refractivity contribution in [3.8, 4) is 5.75 Å². The number of nitrogens with zero attached hydrogens (tertiary/aromatic N) is 1. The van der Waals surface area contributed by atoms with Gasteiger partial charge in [0.1, 0.15) is 11.6 Å². The Balaban J connectivity index is 1.51. The molecule has 0 aliphatic rings. The summed E-state index contributed by atoms with van der Waals surface area (Å²) in [7, 11) is 0. The SMILES string of the molecule is O=C(NN=Cc1ccc(OC(=O)c2ccccc2Cl)cc1)C(=O)Nc1ccc(F)cc1. The number of anilines is 1. The van der Waals surface area contributed by atoms with Gasteiger partial charge >= 0.3 is 17.8 Å². The molecule has 9 heteroatoms. The maximum Gasteiger partial charge on any atom is 0.345 e. The smallest absolute Gasteiger partial charge is 0.345 e. The Morgan fingerprint density at radius 1 is 0.903 bits per heavy atom. The number of carbonyl (C=O) groups is 3. The summed E-state index contributed by atoms with van der Waals surface area (Å²) in [5, 5.41) is 6.30. The first-order valence-corrected chi connectivity index (χ1v) is 9.27. The molecule has 0 fully saturated rings. The Hall–Kier alpha value is -4.04. The van der Waals surface area contributed by atoms with Crippen molar-refractivity contribution in [1.82, 2.24) is 5.43 Å². The second-order valence-corrected chi connectivity index (χ2v) is 6.51. The number of ether oxygens (including phenoxy) is 1. The lowest BCUT2D eigenvalue weighted by Crippen LogP contribution is -2.32. The number of rotatable bonds is 5. The first-order chi connectivity index (χ1) is 14.9. The molecule has 156 valence electrons. The third kappa shape index (κ3) is 6.22. The third-order valence-electron chi connectivity index (χ3n) is 3.87. The number of esters is 1. The minimum atomic E-state index is -0.995. The van der Waals surface area contributed by atoms with Crippen molar-refractivity contribution >= 4 is 41.3 Å². The van der Waals surface area contributed by atoms with Gasteiger partial charge in [-0.05, 0) is 66.2 Å². The van der Waals surface area contributed by atoms with Crippen LogP contribution in [-0.2, 0) is 9.59 Å². The normalized spacial score (nSPS) is 10.5. The summed E-state index contributed by atoms with van der Waals surface area (Å²) in [4.78, 5) is 35.7. The molecule has 0 spiro atoms. The van der Waals surface area contributed by atoms with E-state index in [4.69, 9.17) is 16.3 Å². The molecule has 7 nitrogen and oxygen atoms in total. The molecule has 0 aromatic heterocycles. The summed E-state index contributed by atoms with van der Waals surface area (Å²) < 4.78 is 18.1. The fourth-order valence-corrected chi connectivity index (χ4v) is 2.56. The first kappa shape index (κ1) is 21.7. The minimum Gasteiger partial charge on any atom is -0.423 e. The highest BCUT2D eigenvalue weighted by atomic mass is 35.5. The zero-order valence-corrected chi connectivity index (χ0v) is 16.6. The molecule has 0 radical (unpaired) electrons. The summed E-state index contributed by atoms with van der Waals surface area (Å²) in [6, 6.07) is 17.8. The van der Waals surface area contributed by atoms with Crippen LogP contribution in [0.2, 0.25) is 5.02 Å². The highest BCUT2D eigenvalue weighted by Crippen LogP contribution is 2.19. The van der Waals surface area contributed by atoms with Crippen LogP contribution in [0.15, 0.2) is 77.9 Å². The van der Waals surface area contributed by atoms with Gasteiger partial charge < -0.3 is 10.1 Å². The van der Waals surface area contributed by atoms with Crippen molar-refractivity contribution in [1.29, 1.82) is 0 Å². The Morgan fingerprint density at radius 2 is 1.58 bits per heavy atom. The van der Waals surface area contributed by atoms with Crippen molar-refractivity contribution in [3.05, 3.63) is 94.8 Å². The maximum absolute atomic E-state index is 12.9. The van der Waals surface area contributed by atoms with Crippen LogP contribution in [0.3, 0.4) is 0 Å². The molecule has 0 heterocycles. The average Bonchev–Trinajstić information content (AvgIpc) is 2.76. The lowest BCUT2D eigenvalue weighted by atomic mass is 10.2. The van der Waals surface area contributed by atoms with Gasteiger partial charge in [-0.2, -0.15) is 5.10 Å². The Bertz CT molecular complexity index is 1130. The number of amides is 2. The highest BCUT2D eigenvalue weighted by molar-refractivity contribution is 6.39. The Morgan fingerprint density at radius 3 is 2.26 bits per heavy atom. The lowest BCUT2D eigenvalue weighted by molar-refractivity contribution is -0.136. The molecule has 0 bridgehead atoms. The summed E-state index contributed by atoms with van der Waals surface area (Å²) in [5.74, 6) is -2.70. The van der Waals surface area contributed by atoms with Crippen LogP contribution in [0, 0.1) is 5.82 Å². The van der Waals surface area contributed by atoms with E-state index in [2.05, 4.69) is 15.8 Å². The molecule has 2 N–H and O–H groups in total. The quantitative estimate of drug-likeness (QED) is 0.208. The van der Waals surface area contributed by atoms with Crippen LogP contribution < -0.4 is 15.5 Å². The standard InChI is InChI=1S/C22H15ClFN3O4/c23-19-4-2-1-3-18(19)22(30)31-17-11-5-14(6-12-17)13-25-27-21(29)20(28)26-16-9-7-15(24)8-10-16/h1-13H,(H,26,28)(H,27,29). The minimum absolute atomic E-state index is 0.247. The second kappa shape index (κ2) is 10.1. The van der Waals surface area contributed by atoms with Gasteiger partial charge in [-0.3, -0.25) is 9.59 Å². The van der Waals surface area contributed by atoms with E-state index in [9.17, 15) is 18.8 Å². The average molecular weight is 440 g/mol. The van der Waals surface area contributed by atoms with Crippen LogP contribution in [-0.4, -0.2) is 24.0 Å². The molecule has 0 unspecified atom stereocenters. The van der Waals surface area contributed by atoms with Gasteiger partial charge in [0.05, 0.1) is 16.8 Å². The molecule has 0 aliphatic carbocycles. The van der Waals surface area contributed by atoms with Crippen LogP contribution >= 0.6 is 11.6 Å². The van der Waals surface area contributed by atoms with E-state index in [-0.39, 0.29) is 16.3 Å². The predicted molar refractivity (Wildman–Crippen MR) is 114 cm³/mol. The van der Waals surface area contributed by atoms with E-state index < -0.39 is 23.6 Å². The van der Waals surface area contributed by atoms with Gasteiger partial charge in [-0.15, -0.1) is 0 Å². The number of hydrogen-bond acceptors (Lipinski definition) is 5. The van der Waals surface area contributed by atoms with E-state index in [0.29, 0.717) is 11.3 Å². The largest absolute Gasteiger partial charge is 0.423 e. The highest BCUT2D eigenvalue weighted by Gasteiger charge is 2.13. The summed E-state index contributed by atoms with van der Waals surface area (Å²) >= 11 is 5.97. The number of halogens is 2. The van der Waals surface area contributed by atoms with Crippen molar-refractivity contribution in [2.45, 2.75) is 0 Å². The van der Waals surface area contributed by atoms with E-state index in [1.165, 1.54) is 18.3 Å². The zero-order valence-electron chi connectivity index (χ0n) is 15.8. The lowest BCUT2D eigenvalue weighted by Gasteiger charge is -2.06. The molecular formula is C22H15ClFN3O4. The van der Waals surface area contributed by atoms with E-state index >= 15 is 0 Å². The molecule has 0 aliphatic heterocycles. The molecule has 3 rings (SSSR count). The van der Waals surface area contributed by atoms with Crippen LogP contribution in [0.5, 0.6) is 5.75 Å². The predicted octanol–water partition coefficient (Wildman–Crippen LogP) is 3.79. The van der Waals surface area contributed by atoms with Gasteiger partial charge in [0.2, 0.25) is 0 Å². The van der Waals surface area contributed by atoms with Crippen LogP contribution in [0.25, 0.3) is 0 Å². The monoisotopic (exact) mass is 439 g/mol. The van der Waals surface area contributed by atoms with Crippen LogP contribution in [0.4, 0.5) is 10.1 Å². The zero-order chi connectivity index (χ0) is 22.2. The molecule has 31 heavy (non-hydrogen) atoms. The van der Waals surface area contributed by atoms with E-state index in [0.717, 1.165) is 12.1 Å². The van der Waals surface area contributed by atoms with Crippen molar-refractivity contribution in [3.63, 3.8) is 0 Å². The van der Waals surface area contributed by atoms with Gasteiger partial charge in [0.15, 0.2) is 0 Å². The number of nitrogens with one attached hydrogen (secondary N) is 2. The van der Waals surface area contributed by atoms with Gasteiger partial charge in [0.25, 0.3) is 0 Å². The number of hydrogen-bond donors (Lipinski definition) is 2. The molecule has 3 aromatic carbocycles. The maximum atomic E-state index is 12.9. The topological polar surface area (TPSA) is 96.9 Å². The Kier molecular flexibility index (Phi) is 7.08. The third-order valence-corrected chi connectivity index (χ3v) is 4.20. The van der Waals surface area contributed by atoms with Gasteiger partial charge in [-0.1, -0.05) is 23.7 Å². The van der Waals surface area contributed by atoms with Crippen molar-refractivity contribution < 1.29 is 23.5 Å². The number of carbonyl (C=O) groups excluding carboxylic acids is 3. The van der Waals surface area contributed by atoms with E-state index in [1.807, 2.05) is 0 Å². The summed E-state index contributed by atoms with van der Waals surface area (Å²) in [6.07, 6.45) is 1.31. The van der Waals surface area contributed by atoms with E-state index in [1.54, 1.807) is 48.5 Å². The molecule has 0 atom stereocenters. The summed E-state index contributed by atoms with van der Waals surface area (Å²) in [5.41, 5.74) is 3.18.